The Bertz CT molecular complexity index is 792. The minimum absolute atomic E-state index is 0.0942. The number of pyridine rings is 1. The molecule has 2 heterocycles. The molecule has 0 bridgehead atoms. The van der Waals surface area contributed by atoms with Gasteiger partial charge in [0.25, 0.3) is 5.91 Å². The van der Waals surface area contributed by atoms with E-state index in [1.165, 1.54) is 0 Å². The molecule has 0 unspecified atom stereocenters. The molecule has 1 aliphatic heterocycles. The Balaban J connectivity index is 1.93. The van der Waals surface area contributed by atoms with Crippen LogP contribution in [-0.2, 0) is 9.53 Å². The van der Waals surface area contributed by atoms with Gasteiger partial charge in [0.1, 0.15) is 5.69 Å². The maximum absolute atomic E-state index is 13.1. The molecule has 1 N–H and O–H groups in total. The van der Waals surface area contributed by atoms with Crippen LogP contribution >= 0.6 is 0 Å². The number of amides is 2. The van der Waals surface area contributed by atoms with Crippen LogP contribution in [0.15, 0.2) is 36.4 Å². The van der Waals surface area contributed by atoms with Gasteiger partial charge in [0, 0.05) is 26.1 Å². The first-order valence-corrected chi connectivity index (χ1v) is 8.47. The summed E-state index contributed by atoms with van der Waals surface area (Å²) in [5.74, 6) is -0.243. The summed E-state index contributed by atoms with van der Waals surface area (Å²) in [5, 5.41) is 3.64. The second kappa shape index (κ2) is 7.19. The minimum atomic E-state index is -0.612. The Hall–Kier alpha value is -2.47. The Morgan fingerprint density at radius 3 is 2.84 bits per heavy atom. The zero-order chi connectivity index (χ0) is 17.9. The predicted octanol–water partition coefficient (Wildman–Crippen LogP) is 1.99. The van der Waals surface area contributed by atoms with Crippen LogP contribution in [0.25, 0.3) is 10.9 Å². The van der Waals surface area contributed by atoms with E-state index >= 15 is 0 Å². The number of nitrogens with one attached hydrogen (secondary N) is 1. The average Bonchev–Trinajstić information content (AvgIpc) is 3.03. The van der Waals surface area contributed by atoms with Gasteiger partial charge >= 0.3 is 0 Å². The molecule has 0 radical (unpaired) electrons. The van der Waals surface area contributed by atoms with E-state index in [1.807, 2.05) is 30.3 Å². The highest BCUT2D eigenvalue weighted by Crippen LogP contribution is 2.34. The highest BCUT2D eigenvalue weighted by atomic mass is 16.5. The molecule has 2 aromatic rings. The number of likely N-dealkylation sites (tertiary alicyclic amines) is 1. The highest BCUT2D eigenvalue weighted by Gasteiger charge is 2.45. The van der Waals surface area contributed by atoms with Crippen molar-refractivity contribution in [2.45, 2.75) is 24.8 Å². The summed E-state index contributed by atoms with van der Waals surface area (Å²) >= 11 is 0. The molecular formula is C19H23N3O3. The van der Waals surface area contributed by atoms with Crippen LogP contribution in [0.4, 0.5) is 0 Å². The highest BCUT2D eigenvalue weighted by molar-refractivity contribution is 5.96. The van der Waals surface area contributed by atoms with E-state index in [0.29, 0.717) is 18.8 Å². The number of hydrogen-bond donors (Lipinski definition) is 1. The van der Waals surface area contributed by atoms with Crippen LogP contribution in [0, 0.1) is 0 Å². The summed E-state index contributed by atoms with van der Waals surface area (Å²) in [6, 6.07) is 11.4. The number of methoxy groups -OCH3 is 1. The number of ether oxygens (including phenoxy) is 1. The van der Waals surface area contributed by atoms with Crippen LogP contribution < -0.4 is 5.32 Å². The smallest absolute Gasteiger partial charge is 0.273 e. The lowest BCUT2D eigenvalue weighted by Gasteiger charge is -2.37. The number of fused-ring (bicyclic) bond motifs is 1. The van der Waals surface area contributed by atoms with Crippen LogP contribution in [0.5, 0.6) is 0 Å². The van der Waals surface area contributed by atoms with Gasteiger partial charge in [-0.2, -0.15) is 0 Å². The van der Waals surface area contributed by atoms with Crippen molar-refractivity contribution in [3.05, 3.63) is 42.1 Å². The van der Waals surface area contributed by atoms with Crippen molar-refractivity contribution in [3.8, 4) is 0 Å². The molecule has 2 amide bonds. The number of hydrogen-bond acceptors (Lipinski definition) is 4. The standard InChI is InChI=1S/C19H23N3O3/c1-20-17(23)12-19(13-25-2)10-5-11-22(19)18(24)16-9-8-14-6-3-4-7-15(14)21-16/h3-4,6-9H,5,10-13H2,1-2H3,(H,20,23)/t19-/m0/s1. The van der Waals surface area contributed by atoms with Crippen LogP contribution in [0.3, 0.4) is 0 Å². The van der Waals surface area contributed by atoms with Crippen molar-refractivity contribution in [2.24, 2.45) is 0 Å². The lowest BCUT2D eigenvalue weighted by atomic mass is 9.92. The molecule has 1 atom stereocenters. The van der Waals surface area contributed by atoms with E-state index in [2.05, 4.69) is 10.3 Å². The molecular weight excluding hydrogens is 318 g/mol. The Kier molecular flexibility index (Phi) is 4.99. The molecule has 1 aromatic heterocycles. The lowest BCUT2D eigenvalue weighted by Crippen LogP contribution is -2.53. The van der Waals surface area contributed by atoms with Crippen molar-refractivity contribution in [3.63, 3.8) is 0 Å². The summed E-state index contributed by atoms with van der Waals surface area (Å²) in [5.41, 5.74) is 0.577. The molecule has 6 nitrogen and oxygen atoms in total. The molecule has 1 saturated heterocycles. The summed E-state index contributed by atoms with van der Waals surface area (Å²) in [4.78, 5) is 31.4. The van der Waals surface area contributed by atoms with Gasteiger partial charge in [0.15, 0.2) is 0 Å². The van der Waals surface area contributed by atoms with E-state index in [1.54, 1.807) is 25.1 Å². The lowest BCUT2D eigenvalue weighted by molar-refractivity contribution is -0.123. The van der Waals surface area contributed by atoms with E-state index < -0.39 is 5.54 Å². The summed E-state index contributed by atoms with van der Waals surface area (Å²) < 4.78 is 5.37. The monoisotopic (exact) mass is 341 g/mol. The van der Waals surface area contributed by atoms with Gasteiger partial charge < -0.3 is 15.0 Å². The number of para-hydroxylation sites is 1. The maximum Gasteiger partial charge on any atom is 0.273 e. The molecule has 6 heteroatoms. The molecule has 132 valence electrons. The van der Waals surface area contributed by atoms with Crippen LogP contribution in [0.2, 0.25) is 0 Å². The summed E-state index contributed by atoms with van der Waals surface area (Å²) in [6.07, 6.45) is 1.82. The van der Waals surface area contributed by atoms with Crippen molar-refractivity contribution >= 4 is 22.7 Å². The van der Waals surface area contributed by atoms with Gasteiger partial charge in [-0.05, 0) is 25.0 Å². The van der Waals surface area contributed by atoms with Gasteiger partial charge in [0.05, 0.1) is 24.1 Å². The van der Waals surface area contributed by atoms with Gasteiger partial charge in [-0.25, -0.2) is 4.98 Å². The number of carbonyl (C=O) groups is 2. The third kappa shape index (κ3) is 3.35. The Morgan fingerprint density at radius 1 is 1.28 bits per heavy atom. The van der Waals surface area contributed by atoms with E-state index in [4.69, 9.17) is 4.74 Å². The van der Waals surface area contributed by atoms with Gasteiger partial charge in [-0.15, -0.1) is 0 Å². The number of carbonyl (C=O) groups excluding carboxylic acids is 2. The number of aromatic nitrogens is 1. The van der Waals surface area contributed by atoms with E-state index in [-0.39, 0.29) is 18.2 Å². The zero-order valence-corrected chi connectivity index (χ0v) is 14.6. The Morgan fingerprint density at radius 2 is 2.08 bits per heavy atom. The first-order valence-electron chi connectivity index (χ1n) is 8.47. The predicted molar refractivity (Wildman–Crippen MR) is 95.3 cm³/mol. The average molecular weight is 341 g/mol. The molecule has 1 aliphatic rings. The molecule has 3 rings (SSSR count). The topological polar surface area (TPSA) is 71.5 Å². The molecule has 0 aliphatic carbocycles. The fourth-order valence-electron chi connectivity index (χ4n) is 3.62. The maximum atomic E-state index is 13.1. The van der Waals surface area contributed by atoms with Crippen LogP contribution in [0.1, 0.15) is 29.8 Å². The largest absolute Gasteiger partial charge is 0.382 e. The fourth-order valence-corrected chi connectivity index (χ4v) is 3.62. The van der Waals surface area contributed by atoms with E-state index in [0.717, 1.165) is 23.7 Å². The SMILES string of the molecule is CNC(=O)C[C@]1(COC)CCCN1C(=O)c1ccc2ccccc2n1. The summed E-state index contributed by atoms with van der Waals surface area (Å²) in [6.45, 7) is 0.938. The first-order chi connectivity index (χ1) is 12.1. The van der Waals surface area contributed by atoms with Gasteiger partial charge in [0.2, 0.25) is 5.91 Å². The molecule has 25 heavy (non-hydrogen) atoms. The normalized spacial score (nSPS) is 20.0. The fraction of sp³-hybridized carbons (Fsp3) is 0.421. The molecule has 1 aromatic carbocycles. The van der Waals surface area contributed by atoms with Crippen molar-refractivity contribution in [1.29, 1.82) is 0 Å². The zero-order valence-electron chi connectivity index (χ0n) is 14.6. The number of nitrogens with zero attached hydrogens (tertiary/aromatic N) is 2. The van der Waals surface area contributed by atoms with Gasteiger partial charge in [-0.3, -0.25) is 9.59 Å². The molecule has 0 spiro atoms. The van der Waals surface area contributed by atoms with Crippen molar-refractivity contribution in [1.82, 2.24) is 15.2 Å². The number of benzene rings is 1. The van der Waals surface area contributed by atoms with Crippen LogP contribution in [-0.4, -0.2) is 54.5 Å². The first kappa shape index (κ1) is 17.4. The third-order valence-corrected chi connectivity index (χ3v) is 4.84. The second-order valence-corrected chi connectivity index (χ2v) is 6.46. The second-order valence-electron chi connectivity index (χ2n) is 6.46. The quantitative estimate of drug-likeness (QED) is 0.903. The van der Waals surface area contributed by atoms with Gasteiger partial charge in [-0.1, -0.05) is 24.3 Å². The van der Waals surface area contributed by atoms with Crippen molar-refractivity contribution < 1.29 is 14.3 Å². The molecule has 0 saturated carbocycles. The third-order valence-electron chi connectivity index (χ3n) is 4.84. The molecule has 1 fully saturated rings. The van der Waals surface area contributed by atoms with Crippen molar-refractivity contribution in [2.75, 3.05) is 27.3 Å². The van der Waals surface area contributed by atoms with E-state index in [9.17, 15) is 9.59 Å². The minimum Gasteiger partial charge on any atom is -0.382 e. The number of rotatable bonds is 5. The summed E-state index contributed by atoms with van der Waals surface area (Å²) in [7, 11) is 3.20. The Labute approximate surface area is 147 Å².